The number of allylic oxidation sites excluding steroid dienone is 1. The van der Waals surface area contributed by atoms with Gasteiger partial charge in [0.2, 0.25) is 11.8 Å². The zero-order valence-corrected chi connectivity index (χ0v) is 23.7. The molecule has 7 rings (SSSR count). The third-order valence-corrected chi connectivity index (χ3v) is 10.5. The van der Waals surface area contributed by atoms with Crippen LogP contribution in [0.1, 0.15) is 24.4 Å². The molecule has 2 fully saturated rings. The summed E-state index contributed by atoms with van der Waals surface area (Å²) < 4.78 is 6.31. The molecule has 0 saturated carbocycles. The van der Waals surface area contributed by atoms with Crippen molar-refractivity contribution in [2.45, 2.75) is 41.6 Å². The number of aromatic nitrogens is 3. The number of carbonyl (C=O) groups excluding carboxylic acids is 3. The number of carbonyl (C=O) groups is 3. The Labute approximate surface area is 247 Å². The predicted molar refractivity (Wildman–Crippen MR) is 156 cm³/mol. The summed E-state index contributed by atoms with van der Waals surface area (Å²) in [6.45, 7) is 0.349. The molecule has 2 aromatic carbocycles. The van der Waals surface area contributed by atoms with Gasteiger partial charge in [0.15, 0.2) is 0 Å². The highest BCUT2D eigenvalue weighted by molar-refractivity contribution is 8.02. The van der Waals surface area contributed by atoms with E-state index in [0.29, 0.717) is 6.54 Å². The van der Waals surface area contributed by atoms with Gasteiger partial charge in [0.25, 0.3) is 0 Å². The van der Waals surface area contributed by atoms with Crippen molar-refractivity contribution >= 4 is 40.6 Å². The molecule has 6 atom stereocenters. The van der Waals surface area contributed by atoms with Crippen molar-refractivity contribution in [3.05, 3.63) is 84.5 Å². The monoisotopic (exact) mass is 585 g/mol. The van der Waals surface area contributed by atoms with E-state index < -0.39 is 34.6 Å². The first-order valence-electron chi connectivity index (χ1n) is 14.3. The normalized spacial score (nSPS) is 30.5. The van der Waals surface area contributed by atoms with Crippen molar-refractivity contribution in [2.75, 3.05) is 19.8 Å². The van der Waals surface area contributed by atoms with Crippen molar-refractivity contribution in [3.8, 4) is 0 Å². The van der Waals surface area contributed by atoms with E-state index in [1.165, 1.54) is 16.7 Å². The van der Waals surface area contributed by atoms with Crippen molar-refractivity contribution in [2.24, 2.45) is 11.8 Å². The third kappa shape index (κ3) is 4.17. The number of aliphatic hydroxyl groups is 1. The number of esters is 1. The zero-order valence-electron chi connectivity index (χ0n) is 22.9. The fourth-order valence-electron chi connectivity index (χ4n) is 6.92. The highest BCUT2D eigenvalue weighted by Gasteiger charge is 2.71. The second-order valence-electron chi connectivity index (χ2n) is 11.1. The van der Waals surface area contributed by atoms with Gasteiger partial charge in [0.1, 0.15) is 18.2 Å². The molecular weight excluding hydrogens is 554 g/mol. The van der Waals surface area contributed by atoms with E-state index in [0.717, 1.165) is 29.4 Å². The molecule has 2 saturated heterocycles. The minimum Gasteiger partial charge on any atom is -0.465 e. The number of thioether (sulfide) groups is 1. The lowest BCUT2D eigenvalue weighted by Gasteiger charge is -2.38. The molecular formula is C31H31N5O5S. The zero-order chi connectivity index (χ0) is 28.8. The van der Waals surface area contributed by atoms with Crippen molar-refractivity contribution in [1.29, 1.82) is 0 Å². The Balaban J connectivity index is 1.34. The Morgan fingerprint density at radius 1 is 1.05 bits per heavy atom. The minimum atomic E-state index is -1.02. The largest absolute Gasteiger partial charge is 0.465 e. The van der Waals surface area contributed by atoms with Crippen LogP contribution < -0.4 is 0 Å². The molecule has 5 heterocycles. The van der Waals surface area contributed by atoms with Gasteiger partial charge < -0.3 is 19.6 Å². The summed E-state index contributed by atoms with van der Waals surface area (Å²) in [4.78, 5) is 46.0. The molecule has 0 aliphatic carbocycles. The van der Waals surface area contributed by atoms with E-state index in [1.807, 2.05) is 78.9 Å². The van der Waals surface area contributed by atoms with Crippen LogP contribution in [0.5, 0.6) is 0 Å². The number of rotatable bonds is 5. The van der Waals surface area contributed by atoms with Gasteiger partial charge in [-0.05, 0) is 30.5 Å². The maximum absolute atomic E-state index is 14.7. The Morgan fingerprint density at radius 2 is 1.86 bits per heavy atom. The highest BCUT2D eigenvalue weighted by atomic mass is 32.2. The first-order chi connectivity index (χ1) is 20.5. The first-order valence-corrected chi connectivity index (χ1v) is 15.2. The van der Waals surface area contributed by atoms with Crippen LogP contribution in [-0.2, 0) is 25.8 Å². The highest BCUT2D eigenvalue weighted by Crippen LogP contribution is 2.62. The molecule has 1 unspecified atom stereocenters. The van der Waals surface area contributed by atoms with E-state index in [4.69, 9.17) is 4.74 Å². The number of para-hydroxylation sites is 1. The molecule has 10 nitrogen and oxygen atoms in total. The molecule has 0 radical (unpaired) electrons. The average Bonchev–Trinajstić information content (AvgIpc) is 3.61. The molecule has 1 aromatic heterocycles. The van der Waals surface area contributed by atoms with Gasteiger partial charge in [0.05, 0.1) is 41.4 Å². The molecule has 216 valence electrons. The topological polar surface area (TPSA) is 118 Å². The molecule has 2 amide bonds. The molecule has 4 aliphatic rings. The van der Waals surface area contributed by atoms with Crippen LogP contribution in [0.25, 0.3) is 11.0 Å². The fraction of sp³-hybridized carbons (Fsp3) is 0.387. The number of likely N-dealkylation sites (tertiary alicyclic amines) is 1. The molecule has 11 heteroatoms. The van der Waals surface area contributed by atoms with Crippen LogP contribution in [0.2, 0.25) is 0 Å². The summed E-state index contributed by atoms with van der Waals surface area (Å²) in [6, 6.07) is 15.1. The lowest BCUT2D eigenvalue weighted by atomic mass is 9.78. The Hall–Kier alpha value is -3.96. The molecule has 1 N–H and O–H groups in total. The second kappa shape index (κ2) is 10.7. The number of amides is 2. The number of cyclic esters (lactones) is 1. The van der Waals surface area contributed by atoms with Gasteiger partial charge in [-0.3, -0.25) is 14.4 Å². The second-order valence-corrected chi connectivity index (χ2v) is 12.6. The number of hydrogen-bond donors (Lipinski definition) is 1. The Morgan fingerprint density at radius 3 is 2.69 bits per heavy atom. The summed E-state index contributed by atoms with van der Waals surface area (Å²) in [5.74, 6) is -2.56. The van der Waals surface area contributed by atoms with E-state index in [-0.39, 0.29) is 36.9 Å². The minimum absolute atomic E-state index is 0.136. The van der Waals surface area contributed by atoms with Gasteiger partial charge >= 0.3 is 5.97 Å². The molecule has 1 spiro atoms. The molecule has 3 aromatic rings. The van der Waals surface area contributed by atoms with Crippen LogP contribution in [0, 0.1) is 11.8 Å². The van der Waals surface area contributed by atoms with Gasteiger partial charge in [-0.2, -0.15) is 0 Å². The molecule has 42 heavy (non-hydrogen) atoms. The predicted octanol–water partition coefficient (Wildman–Crippen LogP) is 2.71. The number of ether oxygens (including phenoxy) is 1. The molecule has 4 aliphatic heterocycles. The third-order valence-electron chi connectivity index (χ3n) is 8.79. The van der Waals surface area contributed by atoms with E-state index in [2.05, 4.69) is 10.3 Å². The number of hydrogen-bond acceptors (Lipinski definition) is 8. The lowest BCUT2D eigenvalue weighted by Crippen LogP contribution is -2.54. The van der Waals surface area contributed by atoms with Crippen molar-refractivity contribution in [1.82, 2.24) is 24.8 Å². The number of fused-ring (bicyclic) bond motifs is 3. The standard InChI is InChI=1S/C31H31N5O5S/c37-18-23(20-10-3-1-4-11-20)36-27-29(39)34(19-35-22-13-7-6-12-21(22)32-33-35)16-9-15-31(27)26(28(36)38)25-24(42-31)14-5-2-8-17-41-30(25)40/h1,3-7,9-15,23-27,37H,2,8,16-19H2/b14-5-/t23-,24+,25-,26+,27?,31+/m1/s1. The van der Waals surface area contributed by atoms with Crippen LogP contribution >= 0.6 is 11.8 Å². The van der Waals surface area contributed by atoms with Gasteiger partial charge in [-0.15, -0.1) is 16.9 Å². The van der Waals surface area contributed by atoms with E-state index >= 15 is 0 Å². The van der Waals surface area contributed by atoms with Crippen LogP contribution in [0.4, 0.5) is 0 Å². The number of nitrogens with zero attached hydrogens (tertiary/aromatic N) is 5. The van der Waals surface area contributed by atoms with Gasteiger partial charge in [-0.25, -0.2) is 4.68 Å². The van der Waals surface area contributed by atoms with E-state index in [9.17, 15) is 19.5 Å². The van der Waals surface area contributed by atoms with Crippen molar-refractivity contribution < 1.29 is 24.2 Å². The summed E-state index contributed by atoms with van der Waals surface area (Å²) in [7, 11) is 0. The van der Waals surface area contributed by atoms with Crippen LogP contribution in [-0.4, -0.2) is 83.5 Å². The fourth-order valence-corrected chi connectivity index (χ4v) is 8.90. The summed E-state index contributed by atoms with van der Waals surface area (Å²) >= 11 is 1.49. The maximum atomic E-state index is 14.7. The average molecular weight is 586 g/mol. The quantitative estimate of drug-likeness (QED) is 0.359. The number of benzene rings is 2. The Kier molecular flexibility index (Phi) is 6.86. The van der Waals surface area contributed by atoms with Gasteiger partial charge in [-0.1, -0.05) is 72.0 Å². The van der Waals surface area contributed by atoms with E-state index in [1.54, 1.807) is 9.58 Å². The Bertz CT molecular complexity index is 1590. The first kappa shape index (κ1) is 26.9. The maximum Gasteiger partial charge on any atom is 0.311 e. The van der Waals surface area contributed by atoms with Crippen molar-refractivity contribution in [3.63, 3.8) is 0 Å². The SMILES string of the molecule is O=C1OCCC/C=C\[C@@H]2S[C@]34C=CCN(Cn5nnc6ccccc65)C(=O)C3N([C@H](CO)c3ccccc3)C(=O)[C@@H]4[C@H]12. The summed E-state index contributed by atoms with van der Waals surface area (Å²) in [6.07, 6.45) is 9.43. The molecule has 0 bridgehead atoms. The van der Waals surface area contributed by atoms with Crippen LogP contribution in [0.3, 0.4) is 0 Å². The van der Waals surface area contributed by atoms with Crippen LogP contribution in [0.15, 0.2) is 78.9 Å². The number of aliphatic hydroxyl groups excluding tert-OH is 1. The van der Waals surface area contributed by atoms with Gasteiger partial charge in [0, 0.05) is 11.8 Å². The smallest absolute Gasteiger partial charge is 0.311 e. The lowest BCUT2D eigenvalue weighted by molar-refractivity contribution is -0.153. The summed E-state index contributed by atoms with van der Waals surface area (Å²) in [5, 5.41) is 18.9. The summed E-state index contributed by atoms with van der Waals surface area (Å²) in [5.41, 5.74) is 2.23.